The topological polar surface area (TPSA) is 247 Å². The number of carboxylic acid groups (broad SMARTS) is 2. The van der Waals surface area contributed by atoms with Crippen LogP contribution >= 0.6 is 0 Å². The highest BCUT2D eigenvalue weighted by atomic mass is 16.4. The van der Waals surface area contributed by atoms with Crippen molar-refractivity contribution < 1.29 is 39.0 Å². The summed E-state index contributed by atoms with van der Waals surface area (Å²) in [5.41, 5.74) is 18.8. The van der Waals surface area contributed by atoms with Crippen LogP contribution in [0.1, 0.15) is 44.9 Å². The Balaban J connectivity index is -0.000000291. The molecule has 0 aliphatic heterocycles. The van der Waals surface area contributed by atoms with E-state index < -0.39 is 35.6 Å². The molecular weight excluding hydrogens is 340 g/mol. The standard InChI is InChI=1S/C5H8O4.2C4H8N2O2/c6-4(7)2-1-3-5(8)9;2*5-3(7)1-2-4(6)8/h1-3H2,(H,6,7)(H,8,9);2*1-2H2,(H2,5,7)(H2,6,8). The van der Waals surface area contributed by atoms with Crippen molar-refractivity contribution in [3.8, 4) is 0 Å². The van der Waals surface area contributed by atoms with Gasteiger partial charge in [0.15, 0.2) is 0 Å². The minimum Gasteiger partial charge on any atom is -0.481 e. The van der Waals surface area contributed by atoms with E-state index in [4.69, 9.17) is 33.1 Å². The Bertz CT molecular complexity index is 409. The van der Waals surface area contributed by atoms with E-state index >= 15 is 0 Å². The summed E-state index contributed by atoms with van der Waals surface area (Å²) < 4.78 is 0. The predicted molar refractivity (Wildman–Crippen MR) is 84.4 cm³/mol. The third kappa shape index (κ3) is 44.9. The van der Waals surface area contributed by atoms with Crippen LogP contribution in [0.3, 0.4) is 0 Å². The van der Waals surface area contributed by atoms with Crippen molar-refractivity contribution in [3.63, 3.8) is 0 Å². The van der Waals surface area contributed by atoms with E-state index in [-0.39, 0.29) is 44.9 Å². The quantitative estimate of drug-likeness (QED) is 0.247. The van der Waals surface area contributed by atoms with Gasteiger partial charge in [0, 0.05) is 38.5 Å². The number of rotatable bonds is 10. The van der Waals surface area contributed by atoms with Crippen LogP contribution in [0.5, 0.6) is 0 Å². The average Bonchev–Trinajstić information content (AvgIpc) is 2.43. The second kappa shape index (κ2) is 17.2. The minimum atomic E-state index is -0.948. The van der Waals surface area contributed by atoms with Gasteiger partial charge in [0.05, 0.1) is 0 Å². The molecule has 0 saturated heterocycles. The molecule has 0 unspecified atom stereocenters. The molecule has 0 aliphatic rings. The number of carbonyl (C=O) groups is 6. The Labute approximate surface area is 143 Å². The molecular formula is C13H24N4O8. The lowest BCUT2D eigenvalue weighted by Gasteiger charge is -1.89. The smallest absolute Gasteiger partial charge is 0.303 e. The molecule has 0 bridgehead atoms. The minimum absolute atomic E-state index is 0.0509. The van der Waals surface area contributed by atoms with Crippen molar-refractivity contribution in [1.82, 2.24) is 0 Å². The van der Waals surface area contributed by atoms with Crippen molar-refractivity contribution in [2.45, 2.75) is 44.9 Å². The summed E-state index contributed by atoms with van der Waals surface area (Å²) in [7, 11) is 0. The molecule has 0 aromatic rings. The lowest BCUT2D eigenvalue weighted by Crippen LogP contribution is -2.16. The molecule has 0 rings (SSSR count). The van der Waals surface area contributed by atoms with Gasteiger partial charge in [0.1, 0.15) is 0 Å². The summed E-state index contributed by atoms with van der Waals surface area (Å²) in [5, 5.41) is 16.1. The first-order chi connectivity index (χ1) is 11.4. The lowest BCUT2D eigenvalue weighted by atomic mass is 10.2. The number of nitrogens with two attached hydrogens (primary N) is 4. The van der Waals surface area contributed by atoms with Crippen molar-refractivity contribution >= 4 is 35.6 Å². The summed E-state index contributed by atoms with van der Waals surface area (Å²) in [4.78, 5) is 59.2. The first-order valence-electron chi connectivity index (χ1n) is 6.95. The highest BCUT2D eigenvalue weighted by molar-refractivity contribution is 5.82. The van der Waals surface area contributed by atoms with Gasteiger partial charge in [-0.1, -0.05) is 0 Å². The number of hydrogen-bond acceptors (Lipinski definition) is 6. The molecule has 0 aromatic carbocycles. The van der Waals surface area contributed by atoms with Gasteiger partial charge >= 0.3 is 11.9 Å². The van der Waals surface area contributed by atoms with Crippen LogP contribution < -0.4 is 22.9 Å². The lowest BCUT2D eigenvalue weighted by molar-refractivity contribution is -0.138. The van der Waals surface area contributed by atoms with Gasteiger partial charge in [-0.15, -0.1) is 0 Å². The van der Waals surface area contributed by atoms with Crippen LogP contribution in [0, 0.1) is 0 Å². The van der Waals surface area contributed by atoms with Crippen LogP contribution in [0.4, 0.5) is 0 Å². The summed E-state index contributed by atoms with van der Waals surface area (Å²) in [6.45, 7) is 0. The van der Waals surface area contributed by atoms with Crippen LogP contribution in [0.2, 0.25) is 0 Å². The molecule has 0 aliphatic carbocycles. The van der Waals surface area contributed by atoms with Gasteiger partial charge < -0.3 is 33.1 Å². The zero-order valence-corrected chi connectivity index (χ0v) is 13.6. The SMILES string of the molecule is NC(=O)CCC(N)=O.NC(=O)CCC(N)=O.O=C(O)CCCC(=O)O. The zero-order chi connectivity index (χ0) is 20.4. The van der Waals surface area contributed by atoms with Crippen molar-refractivity contribution in [3.05, 3.63) is 0 Å². The summed E-state index contributed by atoms with van der Waals surface area (Å²) in [6, 6.07) is 0. The summed E-state index contributed by atoms with van der Waals surface area (Å²) >= 11 is 0. The average molecular weight is 364 g/mol. The zero-order valence-electron chi connectivity index (χ0n) is 13.6. The van der Waals surface area contributed by atoms with Crippen LogP contribution in [-0.4, -0.2) is 45.8 Å². The molecule has 0 fully saturated rings. The van der Waals surface area contributed by atoms with E-state index in [2.05, 4.69) is 0 Å². The van der Waals surface area contributed by atoms with Gasteiger partial charge in [0.25, 0.3) is 0 Å². The number of hydrogen-bond donors (Lipinski definition) is 6. The molecule has 4 amide bonds. The Kier molecular flexibility index (Phi) is 18.3. The van der Waals surface area contributed by atoms with E-state index in [0.717, 1.165) is 0 Å². The highest BCUT2D eigenvalue weighted by Gasteiger charge is 1.99. The maximum Gasteiger partial charge on any atom is 0.303 e. The van der Waals surface area contributed by atoms with Gasteiger partial charge in [-0.2, -0.15) is 0 Å². The second-order valence-corrected chi connectivity index (χ2v) is 4.51. The third-order valence-electron chi connectivity index (χ3n) is 2.02. The van der Waals surface area contributed by atoms with Crippen LogP contribution in [0.25, 0.3) is 0 Å². The highest BCUT2D eigenvalue weighted by Crippen LogP contribution is 1.93. The first-order valence-corrected chi connectivity index (χ1v) is 6.95. The molecule has 12 nitrogen and oxygen atoms in total. The fourth-order valence-corrected chi connectivity index (χ4v) is 0.884. The summed E-state index contributed by atoms with van der Waals surface area (Å²) in [6.07, 6.45) is 0.290. The maximum atomic E-state index is 9.92. The number of primary amides is 4. The van der Waals surface area contributed by atoms with E-state index in [1.54, 1.807) is 0 Å². The molecule has 10 N–H and O–H groups in total. The Hall–Kier alpha value is -3.18. The molecule has 25 heavy (non-hydrogen) atoms. The van der Waals surface area contributed by atoms with Gasteiger partial charge in [-0.3, -0.25) is 28.8 Å². The van der Waals surface area contributed by atoms with Gasteiger partial charge in [-0.25, -0.2) is 0 Å². The van der Waals surface area contributed by atoms with E-state index in [9.17, 15) is 28.8 Å². The first kappa shape index (κ1) is 26.7. The maximum absolute atomic E-state index is 9.92. The molecule has 0 spiro atoms. The number of amides is 4. The van der Waals surface area contributed by atoms with Crippen LogP contribution in [0.15, 0.2) is 0 Å². The number of aliphatic carboxylic acids is 2. The monoisotopic (exact) mass is 364 g/mol. The normalized spacial score (nSPS) is 8.64. The largest absolute Gasteiger partial charge is 0.481 e. The summed E-state index contributed by atoms with van der Waals surface area (Å²) in [5.74, 6) is -3.88. The van der Waals surface area contributed by atoms with Crippen molar-refractivity contribution in [1.29, 1.82) is 0 Å². The molecule has 0 saturated carbocycles. The van der Waals surface area contributed by atoms with Crippen LogP contribution in [-0.2, 0) is 28.8 Å². The number of carbonyl (C=O) groups excluding carboxylic acids is 4. The molecule has 0 radical (unpaired) electrons. The van der Waals surface area contributed by atoms with Crippen molar-refractivity contribution in [2.24, 2.45) is 22.9 Å². The Morgan fingerprint density at radius 2 is 0.680 bits per heavy atom. The third-order valence-corrected chi connectivity index (χ3v) is 2.02. The fourth-order valence-electron chi connectivity index (χ4n) is 0.884. The van der Waals surface area contributed by atoms with E-state index in [1.807, 2.05) is 0 Å². The Morgan fingerprint density at radius 1 is 0.480 bits per heavy atom. The van der Waals surface area contributed by atoms with E-state index in [1.165, 1.54) is 0 Å². The molecule has 0 heterocycles. The van der Waals surface area contributed by atoms with Gasteiger partial charge in [0.2, 0.25) is 23.6 Å². The molecule has 0 aromatic heterocycles. The van der Waals surface area contributed by atoms with E-state index in [0.29, 0.717) is 0 Å². The number of carboxylic acids is 2. The molecule has 0 atom stereocenters. The second-order valence-electron chi connectivity index (χ2n) is 4.51. The fraction of sp³-hybridized carbons (Fsp3) is 0.538. The predicted octanol–water partition coefficient (Wildman–Crippen LogP) is -2.20. The molecule has 12 heteroatoms. The molecule has 144 valence electrons. The van der Waals surface area contributed by atoms with Gasteiger partial charge in [-0.05, 0) is 6.42 Å². The van der Waals surface area contributed by atoms with Crippen molar-refractivity contribution in [2.75, 3.05) is 0 Å². The Morgan fingerprint density at radius 3 is 0.800 bits per heavy atom.